The van der Waals surface area contributed by atoms with Crippen LogP contribution in [0.3, 0.4) is 0 Å². The number of allylic oxidation sites excluding steroid dienone is 2. The molecule has 1 fully saturated rings. The minimum absolute atomic E-state index is 0.0576. The monoisotopic (exact) mass is 864 g/mol. The van der Waals surface area contributed by atoms with Crippen LogP contribution in [0.5, 0.6) is 23.0 Å². The lowest BCUT2D eigenvalue weighted by molar-refractivity contribution is -0.160. The van der Waals surface area contributed by atoms with Crippen molar-refractivity contribution >= 4 is 40.3 Å². The highest BCUT2D eigenvalue weighted by molar-refractivity contribution is 6.23. The highest BCUT2D eigenvalue weighted by atomic mass is 16.7. The smallest absolute Gasteiger partial charge is 0.312 e. The number of fused-ring (bicyclic) bond motifs is 14. The summed E-state index contributed by atoms with van der Waals surface area (Å²) in [5.41, 5.74) is -0.335. The number of hydrogen-bond donors (Lipinski definition) is 6. The highest BCUT2D eigenvalue weighted by Crippen LogP contribution is 2.55. The van der Waals surface area contributed by atoms with Gasteiger partial charge in [0.15, 0.2) is 5.75 Å². The van der Waals surface area contributed by atoms with E-state index in [1.165, 1.54) is 59.4 Å². The number of ether oxygens (including phenoxy) is 4. The van der Waals surface area contributed by atoms with Gasteiger partial charge >= 0.3 is 11.8 Å². The van der Waals surface area contributed by atoms with Gasteiger partial charge in [-0.25, -0.2) is 0 Å². The van der Waals surface area contributed by atoms with Crippen molar-refractivity contribution in [3.63, 3.8) is 0 Å². The molecule has 1 saturated heterocycles. The third kappa shape index (κ3) is 9.73. The van der Waals surface area contributed by atoms with Crippen molar-refractivity contribution in [3.8, 4) is 23.0 Å². The molecular weight excluding hydrogens is 801 g/mol. The molecule has 0 radical (unpaired) electrons. The SMILES string of the molecule is CO[C@H]1/C=C/O[C@@]2(C)Oc3c(C)c(O)c4c(O)c(c(C=NN5CCN(CC(C)C)CC5)c(O)c4c3C2=O)NC(=O)/C(C)=C/C=C/[C@H](C)[C@H](O)[C@@H](C)[C@@H](O)[C@@H](C)[C@H](OC(C)=O)[C@H]1C. The number of phenols is 3. The average Bonchev–Trinajstić information content (AvgIpc) is 3.49. The van der Waals surface area contributed by atoms with E-state index in [1.807, 2.05) is 0 Å². The largest absolute Gasteiger partial charge is 0.507 e. The summed E-state index contributed by atoms with van der Waals surface area (Å²) in [7, 11) is 1.44. The quantitative estimate of drug-likeness (QED) is 0.0933. The van der Waals surface area contributed by atoms with Crippen LogP contribution >= 0.6 is 0 Å². The fraction of sp³-hybridized carbons (Fsp3) is 0.565. The van der Waals surface area contributed by atoms with Crippen molar-refractivity contribution in [1.29, 1.82) is 0 Å². The van der Waals surface area contributed by atoms with Gasteiger partial charge in [0.05, 0.1) is 53.0 Å². The molecule has 16 heteroatoms. The zero-order chi connectivity index (χ0) is 46.0. The number of ketones is 1. The summed E-state index contributed by atoms with van der Waals surface area (Å²) >= 11 is 0. The second-order valence-electron chi connectivity index (χ2n) is 17.5. The number of anilines is 1. The molecule has 6 N–H and O–H groups in total. The van der Waals surface area contributed by atoms with E-state index in [0.717, 1.165) is 19.6 Å². The van der Waals surface area contributed by atoms with Crippen LogP contribution in [0.15, 0.2) is 41.2 Å². The summed E-state index contributed by atoms with van der Waals surface area (Å²) in [5, 5.41) is 67.3. The summed E-state index contributed by atoms with van der Waals surface area (Å²) in [6.07, 6.45) is 4.90. The lowest BCUT2D eigenvalue weighted by atomic mass is 9.78. The van der Waals surface area contributed by atoms with Crippen molar-refractivity contribution in [3.05, 3.63) is 52.8 Å². The van der Waals surface area contributed by atoms with Gasteiger partial charge in [0.1, 0.15) is 23.4 Å². The number of carbonyl (C=O) groups excluding carboxylic acids is 3. The Kier molecular flexibility index (Phi) is 15.0. The third-order valence-corrected chi connectivity index (χ3v) is 12.4. The second-order valence-corrected chi connectivity index (χ2v) is 17.5. The van der Waals surface area contributed by atoms with Gasteiger partial charge in [-0.1, -0.05) is 59.8 Å². The van der Waals surface area contributed by atoms with Crippen LogP contribution in [0.25, 0.3) is 10.8 Å². The Labute approximate surface area is 363 Å². The molecule has 16 nitrogen and oxygen atoms in total. The van der Waals surface area contributed by atoms with Crippen molar-refractivity contribution in [1.82, 2.24) is 9.91 Å². The van der Waals surface area contributed by atoms with Gasteiger partial charge in [0.25, 0.3) is 11.7 Å². The number of phenolic OH excluding ortho intramolecular Hbond substituents is 3. The molecule has 4 aliphatic rings. The predicted molar refractivity (Wildman–Crippen MR) is 234 cm³/mol. The lowest BCUT2D eigenvalue weighted by Gasteiger charge is -2.38. The zero-order valence-corrected chi connectivity index (χ0v) is 37.6. The molecule has 0 spiro atoms. The van der Waals surface area contributed by atoms with Gasteiger partial charge in [-0.2, -0.15) is 5.10 Å². The Hall–Kier alpha value is -5.16. The van der Waals surface area contributed by atoms with E-state index in [2.05, 4.69) is 29.2 Å². The Morgan fingerprint density at radius 1 is 0.968 bits per heavy atom. The molecule has 0 unspecified atom stereocenters. The number of aliphatic hydroxyl groups excluding tert-OH is 2. The number of rotatable bonds is 6. The first-order valence-corrected chi connectivity index (χ1v) is 21.2. The number of esters is 1. The molecule has 2 aromatic carbocycles. The molecule has 0 saturated carbocycles. The molecule has 2 aromatic rings. The summed E-state index contributed by atoms with van der Waals surface area (Å²) in [6.45, 7) is 20.4. The Morgan fingerprint density at radius 3 is 2.24 bits per heavy atom. The molecular formula is C46H64N4O12. The van der Waals surface area contributed by atoms with Crippen molar-refractivity contribution in [2.45, 2.75) is 99.4 Å². The van der Waals surface area contributed by atoms with Gasteiger partial charge in [-0.3, -0.25) is 24.3 Å². The zero-order valence-electron chi connectivity index (χ0n) is 37.6. The van der Waals surface area contributed by atoms with E-state index in [-0.39, 0.29) is 44.5 Å². The predicted octanol–water partition coefficient (Wildman–Crippen LogP) is 5.36. The van der Waals surface area contributed by atoms with Crippen LogP contribution < -0.4 is 10.1 Å². The number of amides is 1. The molecule has 4 aliphatic heterocycles. The maximum absolute atomic E-state index is 14.5. The van der Waals surface area contributed by atoms with Crippen LogP contribution in [-0.2, 0) is 23.8 Å². The first-order valence-electron chi connectivity index (χ1n) is 21.2. The number of aromatic hydroxyl groups is 3. The normalized spacial score (nSPS) is 31.2. The van der Waals surface area contributed by atoms with Gasteiger partial charge in [0.2, 0.25) is 0 Å². The minimum Gasteiger partial charge on any atom is -0.507 e. The Bertz CT molecular complexity index is 2140. The molecule has 5 bridgehead atoms. The number of piperazine rings is 1. The van der Waals surface area contributed by atoms with Gasteiger partial charge in [-0.05, 0) is 25.8 Å². The van der Waals surface area contributed by atoms with Gasteiger partial charge in [-0.15, -0.1) is 0 Å². The third-order valence-electron chi connectivity index (χ3n) is 12.4. The topological polar surface area (TPSA) is 220 Å². The number of hydrogen-bond acceptors (Lipinski definition) is 15. The lowest BCUT2D eigenvalue weighted by Crippen LogP contribution is -2.46. The molecule has 1 amide bonds. The Balaban J connectivity index is 1.68. The Morgan fingerprint density at radius 2 is 1.63 bits per heavy atom. The number of nitrogens with one attached hydrogen (secondary N) is 1. The number of Topliss-reactive ketones (excluding diaryl/α,β-unsaturated/α-hetero) is 1. The molecule has 0 aliphatic carbocycles. The molecule has 0 aromatic heterocycles. The standard InChI is InChI=1S/C46H64N4O12/c1-23(2)22-49-16-18-50(19-17-49)47-21-31-36-41(56)34-33(40(31)55)35-43(29(8)39(34)54)62-46(10,44(35)57)60-20-15-32(59-11)26(5)42(61-30(9)51)28(7)38(53)27(6)37(52)24(3)13-12-14-25(4)45(58)48-36/h12-15,20-21,23-24,26-28,32,37-38,42,52-56H,16-19,22H2,1-11H3,(H,48,58)/b13-12+,20-15+,25-14+,47-21?/t24-,26-,27+,28+,32-,37-,38+,42+,46-/m0/s1. The number of benzene rings is 2. The van der Waals surface area contributed by atoms with E-state index in [1.54, 1.807) is 44.9 Å². The molecule has 9 atom stereocenters. The van der Waals surface area contributed by atoms with Crippen molar-refractivity contribution < 1.29 is 58.9 Å². The average molecular weight is 865 g/mol. The highest BCUT2D eigenvalue weighted by Gasteiger charge is 2.50. The summed E-state index contributed by atoms with van der Waals surface area (Å²) in [5.74, 6) is -7.85. The first-order chi connectivity index (χ1) is 29.1. The molecule has 6 rings (SSSR count). The number of hydrazone groups is 1. The molecule has 62 heavy (non-hydrogen) atoms. The number of methoxy groups -OCH3 is 1. The summed E-state index contributed by atoms with van der Waals surface area (Å²) in [4.78, 5) is 43.0. The maximum Gasteiger partial charge on any atom is 0.312 e. The first kappa shape index (κ1) is 47.9. The fourth-order valence-corrected chi connectivity index (χ4v) is 8.56. The maximum atomic E-state index is 14.5. The minimum atomic E-state index is -2.05. The number of aliphatic hydroxyl groups is 2. The molecule has 4 heterocycles. The van der Waals surface area contributed by atoms with Crippen LogP contribution in [0.4, 0.5) is 5.69 Å². The van der Waals surface area contributed by atoms with Crippen molar-refractivity contribution in [2.24, 2.45) is 34.7 Å². The number of carbonyl (C=O) groups is 3. The number of nitrogens with zero attached hydrogens (tertiary/aromatic N) is 3. The van der Waals surface area contributed by atoms with Gasteiger partial charge in [0, 0.05) is 93.9 Å². The van der Waals surface area contributed by atoms with Gasteiger partial charge < -0.3 is 49.8 Å². The van der Waals surface area contributed by atoms with Crippen LogP contribution in [0.1, 0.15) is 83.8 Å². The van der Waals surface area contributed by atoms with Crippen LogP contribution in [0.2, 0.25) is 0 Å². The van der Waals surface area contributed by atoms with Crippen LogP contribution in [0, 0.1) is 36.5 Å². The fourth-order valence-electron chi connectivity index (χ4n) is 8.56. The van der Waals surface area contributed by atoms with E-state index in [9.17, 15) is 39.9 Å². The van der Waals surface area contributed by atoms with E-state index in [4.69, 9.17) is 18.9 Å². The summed E-state index contributed by atoms with van der Waals surface area (Å²) in [6, 6.07) is 0. The van der Waals surface area contributed by atoms with E-state index >= 15 is 0 Å². The van der Waals surface area contributed by atoms with E-state index < -0.39 is 88.8 Å². The van der Waals surface area contributed by atoms with Crippen molar-refractivity contribution in [2.75, 3.05) is 45.2 Å². The summed E-state index contributed by atoms with van der Waals surface area (Å²) < 4.78 is 23.7. The van der Waals surface area contributed by atoms with Crippen LogP contribution in [-0.4, -0.2) is 129 Å². The molecule has 340 valence electrons. The second kappa shape index (κ2) is 19.5. The van der Waals surface area contributed by atoms with E-state index in [0.29, 0.717) is 19.0 Å².